The van der Waals surface area contributed by atoms with Gasteiger partial charge in [-0.15, -0.1) is 0 Å². The van der Waals surface area contributed by atoms with E-state index in [2.05, 4.69) is 9.38 Å². The van der Waals surface area contributed by atoms with Crippen molar-refractivity contribution in [2.24, 2.45) is 0 Å². The molecule has 4 aromatic rings. The van der Waals surface area contributed by atoms with E-state index in [0.717, 1.165) is 45.1 Å². The third-order valence-electron chi connectivity index (χ3n) is 4.40. The zero-order valence-corrected chi connectivity index (χ0v) is 14.5. The van der Waals surface area contributed by atoms with Crippen molar-refractivity contribution in [2.75, 3.05) is 7.11 Å². The molecule has 3 aromatic heterocycles. The first kappa shape index (κ1) is 15.5. The van der Waals surface area contributed by atoms with Crippen molar-refractivity contribution in [1.82, 2.24) is 19.4 Å². The van der Waals surface area contributed by atoms with Crippen molar-refractivity contribution in [1.29, 1.82) is 0 Å². The summed E-state index contributed by atoms with van der Waals surface area (Å²) in [5, 5.41) is 0. The second-order valence-electron chi connectivity index (χ2n) is 6.02. The average molecular weight is 336 g/mol. The number of fused-ring (bicyclic) bond motifs is 3. The molecule has 0 atom stereocenters. The lowest BCUT2D eigenvalue weighted by Gasteiger charge is -2.10. The van der Waals surface area contributed by atoms with Crippen molar-refractivity contribution in [2.45, 2.75) is 20.8 Å². The Kier molecular flexibility index (Phi) is 3.42. The lowest BCUT2D eigenvalue weighted by molar-refractivity contribution is 0.415. The number of imidazole rings is 1. The first-order valence-electron chi connectivity index (χ1n) is 7.96. The average Bonchev–Trinajstić information content (AvgIpc) is 2.93. The van der Waals surface area contributed by atoms with Gasteiger partial charge in [0.2, 0.25) is 5.95 Å². The Labute approximate surface area is 144 Å². The van der Waals surface area contributed by atoms with Gasteiger partial charge in [0.25, 0.3) is 0 Å². The van der Waals surface area contributed by atoms with Gasteiger partial charge in [-0.25, -0.2) is 15.0 Å². The maximum atomic E-state index is 13.4. The van der Waals surface area contributed by atoms with Crippen molar-refractivity contribution in [3.05, 3.63) is 53.4 Å². The molecule has 0 saturated carbocycles. The highest BCUT2D eigenvalue weighted by molar-refractivity contribution is 5.85. The van der Waals surface area contributed by atoms with Gasteiger partial charge in [-0.1, -0.05) is 0 Å². The Hall–Kier alpha value is -3.02. The predicted octanol–water partition coefficient (Wildman–Crippen LogP) is 4.02. The quantitative estimate of drug-likeness (QED) is 0.519. The van der Waals surface area contributed by atoms with Crippen LogP contribution in [-0.4, -0.2) is 26.5 Å². The highest BCUT2D eigenvalue weighted by atomic mass is 19.1. The maximum absolute atomic E-state index is 13.4. The Morgan fingerprint density at radius 3 is 2.40 bits per heavy atom. The largest absolute Gasteiger partial charge is 0.497 e. The van der Waals surface area contributed by atoms with E-state index in [1.807, 2.05) is 32.0 Å². The molecule has 6 heteroatoms. The second kappa shape index (κ2) is 5.51. The highest BCUT2D eigenvalue weighted by Gasteiger charge is 2.18. The topological polar surface area (TPSA) is 52.3 Å². The van der Waals surface area contributed by atoms with Crippen molar-refractivity contribution >= 4 is 16.6 Å². The molecule has 0 spiro atoms. The number of pyridine rings is 1. The number of halogens is 1. The monoisotopic (exact) mass is 336 g/mol. The van der Waals surface area contributed by atoms with Crippen LogP contribution >= 0.6 is 0 Å². The van der Waals surface area contributed by atoms with Crippen molar-refractivity contribution < 1.29 is 9.13 Å². The van der Waals surface area contributed by atoms with E-state index in [1.54, 1.807) is 20.1 Å². The maximum Gasteiger partial charge on any atom is 0.213 e. The number of ether oxygens (including phenoxy) is 1. The minimum absolute atomic E-state index is 0.497. The van der Waals surface area contributed by atoms with Crippen LogP contribution in [0.25, 0.3) is 27.9 Å². The molecule has 0 unspecified atom stereocenters. The van der Waals surface area contributed by atoms with E-state index in [9.17, 15) is 4.39 Å². The van der Waals surface area contributed by atoms with Crippen molar-refractivity contribution in [3.63, 3.8) is 0 Å². The molecule has 0 radical (unpaired) electrons. The van der Waals surface area contributed by atoms with E-state index in [-0.39, 0.29) is 0 Å². The van der Waals surface area contributed by atoms with Gasteiger partial charge in [-0.05, 0) is 45.0 Å². The molecule has 0 amide bonds. The number of aryl methyl sites for hydroxylation is 3. The highest BCUT2D eigenvalue weighted by Crippen LogP contribution is 2.31. The molecule has 0 aliphatic heterocycles. The molecule has 0 aliphatic rings. The molecule has 25 heavy (non-hydrogen) atoms. The van der Waals surface area contributed by atoms with E-state index < -0.39 is 5.95 Å². The molecule has 0 saturated heterocycles. The lowest BCUT2D eigenvalue weighted by Crippen LogP contribution is -2.00. The van der Waals surface area contributed by atoms with Crippen LogP contribution in [0.1, 0.15) is 17.1 Å². The number of hydrogen-bond donors (Lipinski definition) is 0. The van der Waals surface area contributed by atoms with E-state index >= 15 is 0 Å². The van der Waals surface area contributed by atoms with Gasteiger partial charge >= 0.3 is 0 Å². The van der Waals surface area contributed by atoms with Gasteiger partial charge in [0.05, 0.1) is 40.7 Å². The van der Waals surface area contributed by atoms with E-state index in [1.165, 1.54) is 6.07 Å². The Balaban J connectivity index is 2.18. The van der Waals surface area contributed by atoms with E-state index in [0.29, 0.717) is 5.69 Å². The summed E-state index contributed by atoms with van der Waals surface area (Å²) >= 11 is 0. The molecular formula is C19H17FN4O. The number of aromatic nitrogens is 4. The fourth-order valence-electron chi connectivity index (χ4n) is 3.27. The number of nitrogens with zero attached hydrogens (tertiary/aromatic N) is 4. The summed E-state index contributed by atoms with van der Waals surface area (Å²) in [7, 11) is 1.63. The molecule has 4 rings (SSSR count). The van der Waals surface area contributed by atoms with Crippen LogP contribution in [0.4, 0.5) is 4.39 Å². The minimum Gasteiger partial charge on any atom is -0.497 e. The summed E-state index contributed by atoms with van der Waals surface area (Å²) in [6, 6.07) is 8.82. The van der Waals surface area contributed by atoms with Gasteiger partial charge in [0.1, 0.15) is 11.6 Å². The lowest BCUT2D eigenvalue weighted by atomic mass is 10.2. The third kappa shape index (κ3) is 2.33. The van der Waals surface area contributed by atoms with Crippen LogP contribution in [-0.2, 0) is 0 Å². The Morgan fingerprint density at radius 2 is 1.68 bits per heavy atom. The number of hydrogen-bond acceptors (Lipinski definition) is 4. The molecule has 0 N–H and O–H groups in total. The van der Waals surface area contributed by atoms with Crippen LogP contribution in [0.15, 0.2) is 30.3 Å². The van der Waals surface area contributed by atoms with Gasteiger partial charge in [-0.3, -0.25) is 4.40 Å². The van der Waals surface area contributed by atoms with Gasteiger partial charge in [0.15, 0.2) is 0 Å². The zero-order chi connectivity index (χ0) is 17.7. The summed E-state index contributed by atoms with van der Waals surface area (Å²) in [4.78, 5) is 13.4. The van der Waals surface area contributed by atoms with Crippen LogP contribution in [0, 0.1) is 26.7 Å². The SMILES string of the molecule is COc1ccc2nc(C)c3c(C)nc(-c4ccc(F)nc4C)n3c2c1. The van der Waals surface area contributed by atoms with Crippen LogP contribution in [0.2, 0.25) is 0 Å². The molecular weight excluding hydrogens is 319 g/mol. The molecule has 3 heterocycles. The summed E-state index contributed by atoms with van der Waals surface area (Å²) in [5.74, 6) is 0.968. The first-order valence-corrected chi connectivity index (χ1v) is 7.96. The molecule has 0 bridgehead atoms. The summed E-state index contributed by atoms with van der Waals surface area (Å²) in [6.45, 7) is 5.70. The third-order valence-corrected chi connectivity index (χ3v) is 4.40. The van der Waals surface area contributed by atoms with Gasteiger partial charge < -0.3 is 4.74 Å². The van der Waals surface area contributed by atoms with Crippen LogP contribution < -0.4 is 4.74 Å². The summed E-state index contributed by atoms with van der Waals surface area (Å²) in [5.41, 5.74) is 5.82. The molecule has 5 nitrogen and oxygen atoms in total. The molecule has 126 valence electrons. The van der Waals surface area contributed by atoms with Crippen molar-refractivity contribution in [3.8, 4) is 17.1 Å². The van der Waals surface area contributed by atoms with Gasteiger partial charge in [-0.2, -0.15) is 4.39 Å². The Bertz CT molecular complexity index is 1130. The van der Waals surface area contributed by atoms with Crippen LogP contribution in [0.3, 0.4) is 0 Å². The standard InChI is InChI=1S/C19H17FN4O/c1-10-14(6-8-17(20)22-10)19-23-12(3)18-11(2)21-15-7-5-13(25-4)9-16(15)24(18)19/h5-9H,1-4H3. The Morgan fingerprint density at radius 1 is 0.920 bits per heavy atom. The van der Waals surface area contributed by atoms with Crippen LogP contribution in [0.5, 0.6) is 5.75 Å². The second-order valence-corrected chi connectivity index (χ2v) is 6.02. The summed E-state index contributed by atoms with van der Waals surface area (Å²) < 4.78 is 20.9. The number of rotatable bonds is 2. The minimum atomic E-state index is -0.497. The zero-order valence-electron chi connectivity index (χ0n) is 14.5. The van der Waals surface area contributed by atoms with E-state index in [4.69, 9.17) is 14.7 Å². The fourth-order valence-corrected chi connectivity index (χ4v) is 3.27. The smallest absolute Gasteiger partial charge is 0.213 e. The molecule has 0 fully saturated rings. The van der Waals surface area contributed by atoms with Gasteiger partial charge in [0, 0.05) is 11.6 Å². The normalized spacial score (nSPS) is 11.4. The first-order chi connectivity index (χ1) is 12.0. The number of methoxy groups -OCH3 is 1. The molecule has 0 aliphatic carbocycles. The predicted molar refractivity (Wildman–Crippen MR) is 94.4 cm³/mol. The number of benzene rings is 1. The summed E-state index contributed by atoms with van der Waals surface area (Å²) in [6.07, 6.45) is 0. The fraction of sp³-hybridized carbons (Fsp3) is 0.211. The molecule has 1 aromatic carbocycles.